The third-order valence-electron chi connectivity index (χ3n) is 3.59. The van der Waals surface area contributed by atoms with Crippen LogP contribution in [-0.2, 0) is 0 Å². The summed E-state index contributed by atoms with van der Waals surface area (Å²) in [6.07, 6.45) is 0.772. The van der Waals surface area contributed by atoms with Crippen molar-refractivity contribution < 1.29 is 9.90 Å². The molecule has 1 aliphatic heterocycles. The number of pyridine rings is 1. The molecule has 2 atom stereocenters. The molecule has 1 unspecified atom stereocenters. The Balaban J connectivity index is 2.10. The summed E-state index contributed by atoms with van der Waals surface area (Å²) in [5.74, 6) is -0.616. The van der Waals surface area contributed by atoms with Gasteiger partial charge in [0.1, 0.15) is 0 Å². The van der Waals surface area contributed by atoms with Gasteiger partial charge in [-0.2, -0.15) is 0 Å². The molecule has 0 aliphatic carbocycles. The van der Waals surface area contributed by atoms with E-state index in [0.717, 1.165) is 0 Å². The standard InChI is InChI=1S/C15H12Cl2N2O2/c16-11-5-8-9(6-12(11)17)15(21)19-7-10(14(8)20)13-3-1-2-4-18-13/h1-6,10,14,20H,7H2,(H,19,21)/t10?,14-/m0/s1. The normalized spacial score (nSPS) is 21.4. The molecule has 0 radical (unpaired) electrons. The largest absolute Gasteiger partial charge is 0.388 e. The van der Waals surface area contributed by atoms with Gasteiger partial charge in [-0.05, 0) is 29.8 Å². The van der Waals surface area contributed by atoms with Gasteiger partial charge in [0.2, 0.25) is 0 Å². The first-order chi connectivity index (χ1) is 10.1. The number of fused-ring (bicyclic) bond motifs is 1. The number of amides is 1. The van der Waals surface area contributed by atoms with Gasteiger partial charge >= 0.3 is 0 Å². The van der Waals surface area contributed by atoms with Gasteiger partial charge in [0, 0.05) is 29.9 Å². The van der Waals surface area contributed by atoms with Crippen molar-refractivity contribution in [3.8, 4) is 0 Å². The highest BCUT2D eigenvalue weighted by Crippen LogP contribution is 2.37. The highest BCUT2D eigenvalue weighted by molar-refractivity contribution is 6.42. The summed E-state index contributed by atoms with van der Waals surface area (Å²) < 4.78 is 0. The maximum absolute atomic E-state index is 12.1. The number of rotatable bonds is 1. The number of halogens is 2. The predicted molar refractivity (Wildman–Crippen MR) is 80.7 cm³/mol. The number of aromatic nitrogens is 1. The molecule has 2 aromatic rings. The van der Waals surface area contributed by atoms with Gasteiger partial charge in [-0.25, -0.2) is 0 Å². The average molecular weight is 323 g/mol. The maximum Gasteiger partial charge on any atom is 0.251 e. The van der Waals surface area contributed by atoms with Crippen LogP contribution in [0.4, 0.5) is 0 Å². The fourth-order valence-electron chi connectivity index (χ4n) is 2.49. The van der Waals surface area contributed by atoms with E-state index in [4.69, 9.17) is 23.2 Å². The summed E-state index contributed by atoms with van der Waals surface area (Å²) in [6.45, 7) is 0.293. The number of hydrogen-bond donors (Lipinski definition) is 2. The minimum Gasteiger partial charge on any atom is -0.388 e. The molecule has 1 aromatic carbocycles. The van der Waals surface area contributed by atoms with Crippen molar-refractivity contribution in [3.63, 3.8) is 0 Å². The average Bonchev–Trinajstić information content (AvgIpc) is 2.60. The van der Waals surface area contributed by atoms with E-state index in [1.807, 2.05) is 12.1 Å². The molecule has 6 heteroatoms. The SMILES string of the molecule is O=C1NCC(c2ccccn2)[C@@H](O)c2cc(Cl)c(Cl)cc21. The van der Waals surface area contributed by atoms with Crippen LogP contribution in [-0.4, -0.2) is 22.5 Å². The zero-order valence-electron chi connectivity index (χ0n) is 10.9. The van der Waals surface area contributed by atoms with Crippen molar-refractivity contribution in [1.82, 2.24) is 10.3 Å². The number of carbonyl (C=O) groups is 1. The van der Waals surface area contributed by atoms with E-state index in [-0.39, 0.29) is 16.8 Å². The summed E-state index contributed by atoms with van der Waals surface area (Å²) in [4.78, 5) is 16.4. The number of nitrogens with zero attached hydrogens (tertiary/aromatic N) is 1. The van der Waals surface area contributed by atoms with E-state index in [0.29, 0.717) is 28.4 Å². The summed E-state index contributed by atoms with van der Waals surface area (Å²) in [7, 11) is 0. The van der Waals surface area contributed by atoms with Gasteiger partial charge < -0.3 is 10.4 Å². The van der Waals surface area contributed by atoms with Crippen molar-refractivity contribution in [3.05, 3.63) is 63.4 Å². The van der Waals surface area contributed by atoms with Crippen molar-refractivity contribution >= 4 is 29.1 Å². The lowest BCUT2D eigenvalue weighted by Gasteiger charge is -2.21. The second-order valence-corrected chi connectivity index (χ2v) is 5.68. The Bertz CT molecular complexity index is 692. The third kappa shape index (κ3) is 2.62. The van der Waals surface area contributed by atoms with E-state index >= 15 is 0 Å². The second-order valence-electron chi connectivity index (χ2n) is 4.87. The molecule has 108 valence electrons. The third-order valence-corrected chi connectivity index (χ3v) is 4.31. The van der Waals surface area contributed by atoms with Crippen LogP contribution in [0.25, 0.3) is 0 Å². The molecule has 3 rings (SSSR count). The Hall–Kier alpha value is -1.62. The summed E-state index contributed by atoms with van der Waals surface area (Å²) in [5, 5.41) is 14.0. The number of carbonyl (C=O) groups excluding carboxylic acids is 1. The number of aliphatic hydroxyl groups excluding tert-OH is 1. The van der Waals surface area contributed by atoms with Crippen molar-refractivity contribution in [2.75, 3.05) is 6.54 Å². The number of nitrogens with one attached hydrogen (secondary N) is 1. The fourth-order valence-corrected chi connectivity index (χ4v) is 2.83. The Labute approximate surface area is 131 Å². The first kappa shape index (κ1) is 14.3. The smallest absolute Gasteiger partial charge is 0.251 e. The Kier molecular flexibility index (Phi) is 3.85. The summed E-state index contributed by atoms with van der Waals surface area (Å²) >= 11 is 12.0. The molecule has 0 saturated heterocycles. The maximum atomic E-state index is 12.1. The van der Waals surface area contributed by atoms with Crippen LogP contribution >= 0.6 is 23.2 Å². The van der Waals surface area contributed by atoms with Crippen LogP contribution in [0.2, 0.25) is 10.0 Å². The zero-order valence-corrected chi connectivity index (χ0v) is 12.4. The lowest BCUT2D eigenvalue weighted by atomic mass is 9.91. The van der Waals surface area contributed by atoms with Crippen LogP contribution in [0.5, 0.6) is 0 Å². The van der Waals surface area contributed by atoms with Gasteiger partial charge in [0.25, 0.3) is 5.91 Å². The highest BCUT2D eigenvalue weighted by Gasteiger charge is 2.32. The summed E-state index contributed by atoms with van der Waals surface area (Å²) in [6, 6.07) is 8.50. The molecule has 0 spiro atoms. The van der Waals surface area contributed by atoms with E-state index in [2.05, 4.69) is 10.3 Å². The first-order valence-electron chi connectivity index (χ1n) is 6.44. The van der Waals surface area contributed by atoms with Gasteiger partial charge in [-0.1, -0.05) is 29.3 Å². The number of aliphatic hydroxyl groups is 1. The molecule has 1 aromatic heterocycles. The second kappa shape index (κ2) is 5.64. The lowest BCUT2D eigenvalue weighted by molar-refractivity contribution is 0.0952. The van der Waals surface area contributed by atoms with Gasteiger partial charge in [0.15, 0.2) is 0 Å². The van der Waals surface area contributed by atoms with E-state index in [9.17, 15) is 9.90 Å². The predicted octanol–water partition coefficient (Wildman–Crippen LogP) is 2.95. The minimum atomic E-state index is -0.886. The zero-order chi connectivity index (χ0) is 15.0. The van der Waals surface area contributed by atoms with E-state index in [1.165, 1.54) is 6.07 Å². The Morgan fingerprint density at radius 1 is 1.24 bits per heavy atom. The first-order valence-corrected chi connectivity index (χ1v) is 7.19. The van der Waals surface area contributed by atoms with Crippen molar-refractivity contribution in [2.24, 2.45) is 0 Å². The van der Waals surface area contributed by atoms with Crippen LogP contribution in [0.15, 0.2) is 36.5 Å². The fraction of sp³-hybridized carbons (Fsp3) is 0.200. The molecule has 0 saturated carbocycles. The quantitative estimate of drug-likeness (QED) is 0.848. The molecule has 1 amide bonds. The Morgan fingerprint density at radius 2 is 2.00 bits per heavy atom. The molecule has 21 heavy (non-hydrogen) atoms. The number of benzene rings is 1. The van der Waals surface area contributed by atoms with Gasteiger partial charge in [0.05, 0.1) is 16.1 Å². The van der Waals surface area contributed by atoms with Crippen LogP contribution in [0.1, 0.15) is 33.6 Å². The molecule has 1 aliphatic rings. The van der Waals surface area contributed by atoms with E-state index in [1.54, 1.807) is 18.3 Å². The lowest BCUT2D eigenvalue weighted by Crippen LogP contribution is -2.27. The van der Waals surface area contributed by atoms with Crippen LogP contribution in [0.3, 0.4) is 0 Å². The molecule has 4 nitrogen and oxygen atoms in total. The highest BCUT2D eigenvalue weighted by atomic mass is 35.5. The minimum absolute atomic E-state index is 0.277. The van der Waals surface area contributed by atoms with Crippen molar-refractivity contribution in [2.45, 2.75) is 12.0 Å². The number of hydrogen-bond acceptors (Lipinski definition) is 3. The van der Waals surface area contributed by atoms with Crippen LogP contribution in [0, 0.1) is 0 Å². The molecular formula is C15H12Cl2N2O2. The molecule has 2 N–H and O–H groups in total. The molecule has 0 bridgehead atoms. The van der Waals surface area contributed by atoms with Gasteiger partial charge in [-0.15, -0.1) is 0 Å². The molecule has 2 heterocycles. The van der Waals surface area contributed by atoms with Crippen LogP contribution < -0.4 is 5.32 Å². The van der Waals surface area contributed by atoms with Crippen molar-refractivity contribution in [1.29, 1.82) is 0 Å². The Morgan fingerprint density at radius 3 is 2.71 bits per heavy atom. The molecular weight excluding hydrogens is 311 g/mol. The molecule has 0 fully saturated rings. The summed E-state index contributed by atoms with van der Waals surface area (Å²) in [5.41, 5.74) is 1.52. The monoisotopic (exact) mass is 322 g/mol. The van der Waals surface area contributed by atoms with E-state index < -0.39 is 6.10 Å². The van der Waals surface area contributed by atoms with Gasteiger partial charge in [-0.3, -0.25) is 9.78 Å². The topological polar surface area (TPSA) is 62.2 Å².